The fourth-order valence-corrected chi connectivity index (χ4v) is 1.91. The van der Waals surface area contributed by atoms with Gasteiger partial charge < -0.3 is 4.90 Å². The van der Waals surface area contributed by atoms with Crippen LogP contribution < -0.4 is 0 Å². The molecule has 0 spiro atoms. The van der Waals surface area contributed by atoms with Crippen molar-refractivity contribution in [1.82, 2.24) is 15.1 Å². The first-order valence-corrected chi connectivity index (χ1v) is 5.03. The van der Waals surface area contributed by atoms with Crippen LogP contribution in [0.2, 0.25) is 0 Å². The van der Waals surface area contributed by atoms with Gasteiger partial charge in [0.25, 0.3) is 0 Å². The molecular weight excluding hydrogens is 265 g/mol. The highest BCUT2D eigenvalue weighted by atomic mass is 127. The highest BCUT2D eigenvalue weighted by Gasteiger charge is 2.14. The molecule has 3 nitrogen and oxygen atoms in total. The lowest BCUT2D eigenvalue weighted by Gasteiger charge is -2.23. The minimum absolute atomic E-state index is 0.944. The predicted molar refractivity (Wildman–Crippen MR) is 54.8 cm³/mol. The molecule has 1 aliphatic heterocycles. The van der Waals surface area contributed by atoms with Gasteiger partial charge in [-0.3, -0.25) is 0 Å². The Morgan fingerprint density at radius 2 is 2.33 bits per heavy atom. The van der Waals surface area contributed by atoms with Gasteiger partial charge in [0, 0.05) is 13.1 Å². The average molecular weight is 275 g/mol. The van der Waals surface area contributed by atoms with Crippen LogP contribution in [0.3, 0.4) is 0 Å². The van der Waals surface area contributed by atoms with Crippen molar-refractivity contribution in [1.29, 1.82) is 0 Å². The monoisotopic (exact) mass is 275 g/mol. The van der Waals surface area contributed by atoms with E-state index in [1.807, 2.05) is 0 Å². The molecule has 0 amide bonds. The Bertz CT molecular complexity index is 300. The zero-order valence-electron chi connectivity index (χ0n) is 6.92. The van der Waals surface area contributed by atoms with Gasteiger partial charge in [0.05, 0.1) is 5.69 Å². The van der Waals surface area contributed by atoms with E-state index in [1.165, 1.54) is 5.56 Å². The van der Waals surface area contributed by atoms with E-state index in [2.05, 4.69) is 50.8 Å². The highest BCUT2D eigenvalue weighted by Crippen LogP contribution is 2.15. The van der Waals surface area contributed by atoms with Crippen LogP contribution in [0, 0.1) is 3.70 Å². The minimum Gasteiger partial charge on any atom is -0.300 e. The van der Waals surface area contributed by atoms with Crippen LogP contribution in [0.15, 0.2) is 6.07 Å². The zero-order chi connectivity index (χ0) is 8.55. The Labute approximate surface area is 85.3 Å². The number of fused-ring (bicyclic) bond motifs is 1. The van der Waals surface area contributed by atoms with E-state index >= 15 is 0 Å². The molecule has 64 valence electrons. The lowest BCUT2D eigenvalue weighted by Crippen LogP contribution is -2.27. The molecule has 0 unspecified atom stereocenters. The van der Waals surface area contributed by atoms with Crippen molar-refractivity contribution in [3.63, 3.8) is 0 Å². The van der Waals surface area contributed by atoms with Crippen LogP contribution in [0.5, 0.6) is 0 Å². The van der Waals surface area contributed by atoms with Crippen LogP contribution in [-0.4, -0.2) is 28.7 Å². The molecule has 0 N–H and O–H groups in total. The number of aromatic nitrogens is 2. The van der Waals surface area contributed by atoms with Gasteiger partial charge in [-0.15, -0.1) is 5.10 Å². The van der Waals surface area contributed by atoms with Crippen LogP contribution in [0.1, 0.15) is 11.3 Å². The van der Waals surface area contributed by atoms with E-state index < -0.39 is 0 Å². The van der Waals surface area contributed by atoms with E-state index in [0.29, 0.717) is 0 Å². The number of rotatable bonds is 0. The van der Waals surface area contributed by atoms with Gasteiger partial charge in [-0.25, -0.2) is 0 Å². The Kier molecular flexibility index (Phi) is 2.27. The molecule has 1 aromatic heterocycles. The van der Waals surface area contributed by atoms with E-state index in [-0.39, 0.29) is 0 Å². The average Bonchev–Trinajstić information content (AvgIpc) is 2.05. The molecule has 4 heteroatoms. The molecule has 0 bridgehead atoms. The standard InChI is InChI=1S/C8H10IN3/c1-12-3-2-6-4-8(9)11-10-7(6)5-12/h4H,2-3,5H2,1H3. The molecule has 2 heterocycles. The second-order valence-electron chi connectivity index (χ2n) is 3.13. The van der Waals surface area contributed by atoms with Crippen molar-refractivity contribution in [2.24, 2.45) is 0 Å². The van der Waals surface area contributed by atoms with Crippen molar-refractivity contribution in [3.05, 3.63) is 21.0 Å². The van der Waals surface area contributed by atoms with Crippen molar-refractivity contribution in [2.45, 2.75) is 13.0 Å². The van der Waals surface area contributed by atoms with E-state index in [1.54, 1.807) is 0 Å². The summed E-state index contributed by atoms with van der Waals surface area (Å²) in [6.07, 6.45) is 1.11. The summed E-state index contributed by atoms with van der Waals surface area (Å²) in [5.41, 5.74) is 2.51. The van der Waals surface area contributed by atoms with Gasteiger partial charge in [0.1, 0.15) is 3.70 Å². The Morgan fingerprint density at radius 3 is 3.17 bits per heavy atom. The van der Waals surface area contributed by atoms with Gasteiger partial charge in [-0.1, -0.05) is 0 Å². The molecule has 1 aliphatic rings. The van der Waals surface area contributed by atoms with E-state index in [0.717, 1.165) is 28.9 Å². The third-order valence-corrected chi connectivity index (χ3v) is 2.64. The van der Waals surface area contributed by atoms with Crippen LogP contribution in [0.25, 0.3) is 0 Å². The van der Waals surface area contributed by atoms with Gasteiger partial charge in [0.15, 0.2) is 0 Å². The number of hydrogen-bond donors (Lipinski definition) is 0. The van der Waals surface area contributed by atoms with Crippen molar-refractivity contribution >= 4 is 22.6 Å². The minimum atomic E-state index is 0.944. The number of halogens is 1. The topological polar surface area (TPSA) is 29.0 Å². The summed E-state index contributed by atoms with van der Waals surface area (Å²) < 4.78 is 0.996. The summed E-state index contributed by atoms with van der Waals surface area (Å²) in [6.45, 7) is 2.08. The molecule has 0 atom stereocenters. The molecule has 0 fully saturated rings. The van der Waals surface area contributed by atoms with Crippen molar-refractivity contribution in [3.8, 4) is 0 Å². The summed E-state index contributed by atoms with van der Waals surface area (Å²) in [6, 6.07) is 2.13. The quantitative estimate of drug-likeness (QED) is 0.663. The number of nitrogens with zero attached hydrogens (tertiary/aromatic N) is 3. The Morgan fingerprint density at radius 1 is 1.50 bits per heavy atom. The largest absolute Gasteiger partial charge is 0.300 e. The summed E-state index contributed by atoms with van der Waals surface area (Å²) in [5.74, 6) is 0. The van der Waals surface area contributed by atoms with Crippen LogP contribution in [0.4, 0.5) is 0 Å². The maximum absolute atomic E-state index is 4.17. The van der Waals surface area contributed by atoms with Gasteiger partial charge in [-0.2, -0.15) is 5.10 Å². The van der Waals surface area contributed by atoms with Crippen molar-refractivity contribution in [2.75, 3.05) is 13.6 Å². The fourth-order valence-electron chi connectivity index (χ4n) is 1.42. The first-order chi connectivity index (χ1) is 5.75. The van der Waals surface area contributed by atoms with Gasteiger partial charge in [0.2, 0.25) is 0 Å². The molecule has 1 aromatic rings. The van der Waals surface area contributed by atoms with Gasteiger partial charge >= 0.3 is 0 Å². The molecule has 0 aliphatic carbocycles. The molecule has 12 heavy (non-hydrogen) atoms. The molecule has 0 radical (unpaired) electrons. The van der Waals surface area contributed by atoms with E-state index in [9.17, 15) is 0 Å². The van der Waals surface area contributed by atoms with Crippen LogP contribution >= 0.6 is 22.6 Å². The maximum atomic E-state index is 4.17. The third-order valence-electron chi connectivity index (χ3n) is 2.11. The van der Waals surface area contributed by atoms with Gasteiger partial charge in [-0.05, 0) is 47.7 Å². The normalized spacial score (nSPS) is 17.5. The Hall–Kier alpha value is -0.230. The molecule has 0 saturated heterocycles. The lowest BCUT2D eigenvalue weighted by atomic mass is 10.1. The summed E-state index contributed by atoms with van der Waals surface area (Å²) in [7, 11) is 2.11. The second kappa shape index (κ2) is 3.26. The number of hydrogen-bond acceptors (Lipinski definition) is 3. The lowest BCUT2D eigenvalue weighted by molar-refractivity contribution is 0.305. The fraction of sp³-hybridized carbons (Fsp3) is 0.500. The smallest absolute Gasteiger partial charge is 0.124 e. The number of likely N-dealkylation sites (N-methyl/N-ethyl adjacent to an activating group) is 1. The molecule has 0 saturated carbocycles. The zero-order valence-corrected chi connectivity index (χ0v) is 9.08. The molecule has 0 aromatic carbocycles. The van der Waals surface area contributed by atoms with Crippen LogP contribution in [-0.2, 0) is 13.0 Å². The summed E-state index contributed by atoms with van der Waals surface area (Å²) in [5, 5.41) is 8.21. The summed E-state index contributed by atoms with van der Waals surface area (Å²) in [4.78, 5) is 2.27. The predicted octanol–water partition coefficient (Wildman–Crippen LogP) is 1.07. The first kappa shape index (κ1) is 8.37. The van der Waals surface area contributed by atoms with E-state index in [4.69, 9.17) is 0 Å². The first-order valence-electron chi connectivity index (χ1n) is 3.95. The highest BCUT2D eigenvalue weighted by molar-refractivity contribution is 14.1. The third kappa shape index (κ3) is 1.59. The molecular formula is C8H10IN3. The second-order valence-corrected chi connectivity index (χ2v) is 4.23. The Balaban J connectivity index is 2.37. The maximum Gasteiger partial charge on any atom is 0.124 e. The summed E-state index contributed by atoms with van der Waals surface area (Å²) >= 11 is 2.20. The SMILES string of the molecule is CN1CCc2cc(I)nnc2C1. The van der Waals surface area contributed by atoms with Crippen molar-refractivity contribution < 1.29 is 0 Å². The molecule has 2 rings (SSSR count).